The first-order valence-corrected chi connectivity index (χ1v) is 22.0. The zero-order valence-electron chi connectivity index (χ0n) is 36.8. The van der Waals surface area contributed by atoms with Crippen LogP contribution in [0, 0.1) is 0 Å². The number of amides is 6. The molecule has 0 aliphatic carbocycles. The first-order chi connectivity index (χ1) is 32.1. The topological polar surface area (TPSA) is 177 Å². The van der Waals surface area contributed by atoms with Crippen molar-refractivity contribution in [3.8, 4) is 22.6 Å². The van der Waals surface area contributed by atoms with Crippen LogP contribution in [0.5, 0.6) is 11.5 Å². The van der Waals surface area contributed by atoms with E-state index in [1.165, 1.54) is 11.2 Å². The Morgan fingerprint density at radius 1 is 0.773 bits per heavy atom. The van der Waals surface area contributed by atoms with Crippen molar-refractivity contribution >= 4 is 41.6 Å². The second-order valence-corrected chi connectivity index (χ2v) is 15.9. The van der Waals surface area contributed by atoms with E-state index in [-0.39, 0.29) is 29.7 Å². The van der Waals surface area contributed by atoms with E-state index in [9.17, 15) is 28.8 Å². The smallest absolute Gasteiger partial charge is 0.294 e. The van der Waals surface area contributed by atoms with Gasteiger partial charge >= 0.3 is 0 Å². The number of aromatic nitrogens is 1. The second kappa shape index (κ2) is 22.2. The Kier molecular flexibility index (Phi) is 15.5. The summed E-state index contributed by atoms with van der Waals surface area (Å²) in [4.78, 5) is 84.4. The van der Waals surface area contributed by atoms with Gasteiger partial charge < -0.3 is 19.2 Å². The zero-order chi connectivity index (χ0) is 46.4. The third-order valence-corrected chi connectivity index (χ3v) is 11.3. The Balaban J connectivity index is 0.924. The number of hydrogen-bond acceptors (Lipinski definition) is 10. The molecule has 0 spiro atoms. The van der Waals surface area contributed by atoms with Crippen molar-refractivity contribution in [3.63, 3.8) is 0 Å². The summed E-state index contributed by atoms with van der Waals surface area (Å²) in [6.45, 7) is 4.38. The van der Waals surface area contributed by atoms with Gasteiger partial charge in [0.05, 0.1) is 36.6 Å². The summed E-state index contributed by atoms with van der Waals surface area (Å²) in [5.41, 5.74) is 4.29. The number of imide groups is 2. The Morgan fingerprint density at radius 2 is 1.50 bits per heavy atom. The number of nitrogens with one attached hydrogen (secondary N) is 2. The molecule has 2 N–H and O–H groups in total. The SMILES string of the molecule is CC(NC(=O)C(c1cccnc1)N(C(=O)c1ccco1)c1ccc(-c2ccccc2)cc1)c1cccc(OCCCCCCOc2cccc3c2C(=O)N(C(C)CCC(=O)NC=O)C3=O)c1. The van der Waals surface area contributed by atoms with Crippen LogP contribution in [0.4, 0.5) is 5.69 Å². The van der Waals surface area contributed by atoms with E-state index in [0.717, 1.165) is 40.9 Å². The van der Waals surface area contributed by atoms with E-state index < -0.39 is 47.7 Å². The molecule has 4 aromatic carbocycles. The van der Waals surface area contributed by atoms with E-state index in [2.05, 4.69) is 15.6 Å². The van der Waals surface area contributed by atoms with Gasteiger partial charge in [-0.3, -0.25) is 48.9 Å². The lowest BCUT2D eigenvalue weighted by Crippen LogP contribution is -2.44. The van der Waals surface area contributed by atoms with Crippen LogP contribution in [-0.2, 0) is 14.4 Å². The fourth-order valence-corrected chi connectivity index (χ4v) is 7.88. The van der Waals surface area contributed by atoms with Crippen LogP contribution >= 0.6 is 0 Å². The first-order valence-electron chi connectivity index (χ1n) is 22.0. The Hall–Kier alpha value is -7.87. The number of pyridine rings is 1. The van der Waals surface area contributed by atoms with Gasteiger partial charge in [-0.1, -0.05) is 66.7 Å². The van der Waals surface area contributed by atoms with Gasteiger partial charge in [-0.05, 0) is 117 Å². The number of ether oxygens (including phenoxy) is 2. The third kappa shape index (κ3) is 11.1. The van der Waals surface area contributed by atoms with Crippen LogP contribution in [0.25, 0.3) is 11.1 Å². The molecule has 1 aliphatic heterocycles. The lowest BCUT2D eigenvalue weighted by molar-refractivity contribution is -0.125. The minimum absolute atomic E-state index is 0.00687. The molecule has 0 saturated heterocycles. The number of furan rings is 1. The lowest BCUT2D eigenvalue weighted by Gasteiger charge is -2.31. The number of carbonyl (C=O) groups is 6. The summed E-state index contributed by atoms with van der Waals surface area (Å²) < 4.78 is 17.7. The van der Waals surface area contributed by atoms with Crippen molar-refractivity contribution in [2.24, 2.45) is 0 Å². The summed E-state index contributed by atoms with van der Waals surface area (Å²) in [5, 5.41) is 5.20. The quantitative estimate of drug-likeness (QED) is 0.0381. The number of hydrogen-bond donors (Lipinski definition) is 2. The predicted octanol–water partition coefficient (Wildman–Crippen LogP) is 8.66. The molecule has 14 nitrogen and oxygen atoms in total. The number of benzene rings is 4. The molecule has 6 aromatic rings. The highest BCUT2D eigenvalue weighted by Gasteiger charge is 2.41. The molecule has 0 radical (unpaired) electrons. The van der Waals surface area contributed by atoms with Gasteiger partial charge in [0.15, 0.2) is 5.76 Å². The lowest BCUT2D eigenvalue weighted by atomic mass is 10.0. The zero-order valence-corrected chi connectivity index (χ0v) is 36.8. The molecule has 0 saturated carbocycles. The summed E-state index contributed by atoms with van der Waals surface area (Å²) in [6.07, 6.45) is 8.33. The van der Waals surface area contributed by atoms with Crippen LogP contribution in [0.15, 0.2) is 144 Å². The van der Waals surface area contributed by atoms with Crippen LogP contribution in [0.1, 0.15) is 107 Å². The normalized spacial score (nSPS) is 13.3. The molecule has 2 aromatic heterocycles. The summed E-state index contributed by atoms with van der Waals surface area (Å²) >= 11 is 0. The maximum absolute atomic E-state index is 14.5. The molecule has 3 unspecified atom stereocenters. The Morgan fingerprint density at radius 3 is 2.21 bits per heavy atom. The van der Waals surface area contributed by atoms with Crippen molar-refractivity contribution < 1.29 is 42.7 Å². The molecule has 338 valence electrons. The minimum atomic E-state index is -1.10. The van der Waals surface area contributed by atoms with E-state index in [1.807, 2.05) is 85.8 Å². The maximum Gasteiger partial charge on any atom is 0.294 e. The molecule has 0 bridgehead atoms. The number of unbranched alkanes of at least 4 members (excludes halogenated alkanes) is 3. The standard InChI is InChI=1S/C52H51N5O9/c1-35(22-27-46(59)54-34-58)56-50(61)43-19-11-20-44(47(43)52(56)63)65-30-9-4-3-8-29-64-42-18-10-16-39(32-42)36(2)55-49(60)48(40-17-12-28-53-33-40)57(51(62)45-21-13-31-66-45)41-25-23-38(24-26-41)37-14-6-5-7-15-37/h5-7,10-21,23-26,28,31-36,48H,3-4,8-9,22,27,29-30H2,1-2H3,(H,55,60)(H,54,58,59). The Labute approximate surface area is 382 Å². The molecule has 0 fully saturated rings. The second-order valence-electron chi connectivity index (χ2n) is 15.9. The third-order valence-electron chi connectivity index (χ3n) is 11.3. The summed E-state index contributed by atoms with van der Waals surface area (Å²) in [5.74, 6) is -1.21. The van der Waals surface area contributed by atoms with E-state index in [4.69, 9.17) is 13.9 Å². The van der Waals surface area contributed by atoms with E-state index in [0.29, 0.717) is 48.8 Å². The van der Waals surface area contributed by atoms with Gasteiger partial charge in [0.2, 0.25) is 18.2 Å². The van der Waals surface area contributed by atoms with Gasteiger partial charge in [-0.25, -0.2) is 0 Å². The minimum Gasteiger partial charge on any atom is -0.494 e. The number of fused-ring (bicyclic) bond motifs is 1. The Bertz CT molecular complexity index is 2620. The van der Waals surface area contributed by atoms with Crippen molar-refractivity contribution in [2.75, 3.05) is 18.1 Å². The molecule has 66 heavy (non-hydrogen) atoms. The van der Waals surface area contributed by atoms with Gasteiger partial charge in [-0.2, -0.15) is 0 Å². The van der Waals surface area contributed by atoms with Crippen molar-refractivity contribution in [1.82, 2.24) is 20.5 Å². The fraction of sp³-hybridized carbons (Fsp3) is 0.250. The molecular formula is C52H51N5O9. The first kappa shape index (κ1) is 46.1. The highest BCUT2D eigenvalue weighted by Crippen LogP contribution is 2.35. The fourth-order valence-electron chi connectivity index (χ4n) is 7.88. The van der Waals surface area contributed by atoms with Crippen LogP contribution in [-0.4, -0.2) is 65.1 Å². The number of carbonyl (C=O) groups excluding carboxylic acids is 6. The highest BCUT2D eigenvalue weighted by atomic mass is 16.5. The van der Waals surface area contributed by atoms with E-state index >= 15 is 0 Å². The molecule has 3 heterocycles. The van der Waals surface area contributed by atoms with Gasteiger partial charge in [-0.15, -0.1) is 0 Å². The molecule has 7 rings (SSSR count). The van der Waals surface area contributed by atoms with Gasteiger partial charge in [0.25, 0.3) is 17.7 Å². The van der Waals surface area contributed by atoms with Crippen molar-refractivity contribution in [3.05, 3.63) is 168 Å². The van der Waals surface area contributed by atoms with Crippen LogP contribution < -0.4 is 25.0 Å². The predicted molar refractivity (Wildman–Crippen MR) is 247 cm³/mol. The highest BCUT2D eigenvalue weighted by molar-refractivity contribution is 6.22. The largest absolute Gasteiger partial charge is 0.494 e. The van der Waals surface area contributed by atoms with Crippen molar-refractivity contribution in [2.45, 2.75) is 70.5 Å². The van der Waals surface area contributed by atoms with E-state index in [1.54, 1.807) is 61.8 Å². The molecule has 14 heteroatoms. The summed E-state index contributed by atoms with van der Waals surface area (Å²) in [7, 11) is 0. The average molecular weight is 890 g/mol. The monoisotopic (exact) mass is 889 g/mol. The molecular weight excluding hydrogens is 839 g/mol. The number of nitrogens with zero attached hydrogens (tertiary/aromatic N) is 3. The van der Waals surface area contributed by atoms with Gasteiger partial charge in [0, 0.05) is 36.1 Å². The maximum atomic E-state index is 14.5. The molecule has 6 amide bonds. The number of rotatable bonds is 22. The van der Waals surface area contributed by atoms with Crippen molar-refractivity contribution in [1.29, 1.82) is 0 Å². The number of anilines is 1. The average Bonchev–Trinajstić information content (AvgIpc) is 3.98. The van der Waals surface area contributed by atoms with Gasteiger partial charge in [0.1, 0.15) is 17.5 Å². The summed E-state index contributed by atoms with van der Waals surface area (Å²) in [6, 6.07) is 34.4. The molecule has 3 atom stereocenters. The molecule has 1 aliphatic rings. The van der Waals surface area contributed by atoms with Crippen LogP contribution in [0.2, 0.25) is 0 Å². The van der Waals surface area contributed by atoms with Crippen LogP contribution in [0.3, 0.4) is 0 Å².